The highest BCUT2D eigenvalue weighted by atomic mass is 79.9. The maximum Gasteiger partial charge on any atom is 0.166 e. The van der Waals surface area contributed by atoms with Gasteiger partial charge in [-0.15, -0.1) is 0 Å². The van der Waals surface area contributed by atoms with Gasteiger partial charge in [-0.1, -0.05) is 15.9 Å². The minimum Gasteiger partial charge on any atom is -0.504 e. The fourth-order valence-electron chi connectivity index (χ4n) is 3.18. The Morgan fingerprint density at radius 2 is 1.92 bits per heavy atom. The van der Waals surface area contributed by atoms with Crippen LogP contribution in [0.1, 0.15) is 12.5 Å². The fourth-order valence-corrected chi connectivity index (χ4v) is 3.63. The molecule has 0 amide bonds. The van der Waals surface area contributed by atoms with Crippen LogP contribution in [-0.4, -0.2) is 51.2 Å². The van der Waals surface area contributed by atoms with Crippen molar-refractivity contribution in [1.82, 2.24) is 0 Å². The minimum absolute atomic E-state index is 0.0902. The molecule has 0 aromatic heterocycles. The highest BCUT2D eigenvalue weighted by molar-refractivity contribution is 9.10. The number of benzene rings is 2. The molecular weight excluding hydrogens is 394 g/mol. The van der Waals surface area contributed by atoms with Gasteiger partial charge in [0, 0.05) is 21.9 Å². The van der Waals surface area contributed by atoms with E-state index in [0.717, 1.165) is 23.2 Å². The van der Waals surface area contributed by atoms with Crippen LogP contribution >= 0.6 is 15.9 Å². The molecule has 1 aliphatic rings. The molecule has 0 bridgehead atoms. The summed E-state index contributed by atoms with van der Waals surface area (Å²) in [4.78, 5) is 8.58. The number of hydrogen-bond donors (Lipinski definition) is 2. The van der Waals surface area contributed by atoms with Crippen molar-refractivity contribution in [1.29, 1.82) is 0 Å². The van der Waals surface area contributed by atoms with E-state index in [4.69, 9.17) is 4.74 Å². The van der Waals surface area contributed by atoms with E-state index in [9.17, 15) is 5.11 Å². The van der Waals surface area contributed by atoms with Crippen LogP contribution in [0.5, 0.6) is 11.5 Å². The number of quaternary nitrogens is 1. The van der Waals surface area contributed by atoms with E-state index in [1.165, 1.54) is 32.4 Å². The number of likely N-dealkylation sites (N-methyl/N-ethyl adjacent to an activating group) is 1. The van der Waals surface area contributed by atoms with E-state index in [2.05, 4.69) is 44.9 Å². The average molecular weight is 419 g/mol. The fraction of sp³-hybridized carbons (Fsp3) is 0.350. The third kappa shape index (κ3) is 4.37. The van der Waals surface area contributed by atoms with Crippen LogP contribution in [0.3, 0.4) is 0 Å². The molecule has 1 heterocycles. The second-order valence-corrected chi connectivity index (χ2v) is 7.33. The first-order valence-electron chi connectivity index (χ1n) is 8.90. The Bertz CT molecular complexity index is 769. The van der Waals surface area contributed by atoms with Gasteiger partial charge in [0.25, 0.3) is 0 Å². The van der Waals surface area contributed by atoms with Crippen molar-refractivity contribution in [3.8, 4) is 11.5 Å². The summed E-state index contributed by atoms with van der Waals surface area (Å²) in [6.45, 7) is 8.03. The second kappa shape index (κ2) is 8.56. The first kappa shape index (κ1) is 18.7. The van der Waals surface area contributed by atoms with Gasteiger partial charge < -0.3 is 19.6 Å². The Morgan fingerprint density at radius 1 is 1.23 bits per heavy atom. The van der Waals surface area contributed by atoms with Crippen molar-refractivity contribution < 1.29 is 14.7 Å². The predicted molar refractivity (Wildman–Crippen MR) is 110 cm³/mol. The van der Waals surface area contributed by atoms with Gasteiger partial charge in [-0.3, -0.25) is 4.99 Å². The molecule has 0 saturated carbocycles. The zero-order valence-electron chi connectivity index (χ0n) is 15.2. The summed E-state index contributed by atoms with van der Waals surface area (Å²) in [6.07, 6.45) is 1.65. The molecule has 1 saturated heterocycles. The molecule has 6 heteroatoms. The normalized spacial score (nSPS) is 15.6. The number of aliphatic imine (C=N–C) groups is 1. The number of halogens is 1. The van der Waals surface area contributed by atoms with Gasteiger partial charge in [-0.2, -0.15) is 0 Å². The predicted octanol–water partition coefficient (Wildman–Crippen LogP) is 2.64. The highest BCUT2D eigenvalue weighted by Gasteiger charge is 2.18. The number of nitrogens with zero attached hydrogens (tertiary/aromatic N) is 2. The van der Waals surface area contributed by atoms with Crippen molar-refractivity contribution in [3.05, 3.63) is 46.4 Å². The highest BCUT2D eigenvalue weighted by Crippen LogP contribution is 2.33. The lowest BCUT2D eigenvalue weighted by atomic mass is 10.2. The number of hydrogen-bond acceptors (Lipinski definition) is 4. The number of methoxy groups -OCH3 is 1. The monoisotopic (exact) mass is 418 g/mol. The van der Waals surface area contributed by atoms with Crippen LogP contribution < -0.4 is 14.5 Å². The molecule has 1 aliphatic heterocycles. The molecule has 2 N–H and O–H groups in total. The largest absolute Gasteiger partial charge is 0.504 e. The molecule has 2 aromatic carbocycles. The first-order valence-corrected chi connectivity index (χ1v) is 9.69. The molecule has 3 rings (SSSR count). The molecule has 0 radical (unpaired) electrons. The Labute approximate surface area is 163 Å². The Hall–Kier alpha value is -2.05. The van der Waals surface area contributed by atoms with Crippen LogP contribution in [0, 0.1) is 0 Å². The molecule has 2 aromatic rings. The maximum atomic E-state index is 10.2. The van der Waals surface area contributed by atoms with Crippen LogP contribution in [0.25, 0.3) is 0 Å². The van der Waals surface area contributed by atoms with Gasteiger partial charge in [0.1, 0.15) is 0 Å². The Morgan fingerprint density at radius 3 is 2.54 bits per heavy atom. The van der Waals surface area contributed by atoms with Gasteiger partial charge in [-0.25, -0.2) is 0 Å². The van der Waals surface area contributed by atoms with Gasteiger partial charge in [0.2, 0.25) is 0 Å². The van der Waals surface area contributed by atoms with E-state index in [0.29, 0.717) is 11.3 Å². The molecule has 26 heavy (non-hydrogen) atoms. The van der Waals surface area contributed by atoms with E-state index in [1.54, 1.807) is 17.2 Å². The van der Waals surface area contributed by atoms with Crippen molar-refractivity contribution in [2.45, 2.75) is 6.92 Å². The Kier molecular flexibility index (Phi) is 6.16. The second-order valence-electron chi connectivity index (χ2n) is 6.41. The van der Waals surface area contributed by atoms with Crippen LogP contribution in [0.15, 0.2) is 45.9 Å². The molecule has 0 atom stereocenters. The number of rotatable bonds is 5. The first-order chi connectivity index (χ1) is 12.6. The van der Waals surface area contributed by atoms with Crippen molar-refractivity contribution in [2.75, 3.05) is 44.7 Å². The summed E-state index contributed by atoms with van der Waals surface area (Å²) in [5.41, 5.74) is 2.70. The van der Waals surface area contributed by atoms with Crippen molar-refractivity contribution >= 4 is 33.5 Å². The molecule has 0 spiro atoms. The zero-order chi connectivity index (χ0) is 18.5. The van der Waals surface area contributed by atoms with Crippen LogP contribution in [0.2, 0.25) is 0 Å². The van der Waals surface area contributed by atoms with E-state index >= 15 is 0 Å². The summed E-state index contributed by atoms with van der Waals surface area (Å²) in [5, 5.41) is 10.2. The lowest BCUT2D eigenvalue weighted by molar-refractivity contribution is -0.898. The summed E-state index contributed by atoms with van der Waals surface area (Å²) in [6, 6.07) is 11.8. The van der Waals surface area contributed by atoms with Gasteiger partial charge in [0.05, 0.1) is 45.5 Å². The number of piperazine rings is 1. The number of ether oxygens (including phenoxy) is 1. The number of phenolic OH excluding ortho intramolecular Hbond substituents is 1. The topological polar surface area (TPSA) is 49.5 Å². The number of anilines is 1. The molecule has 0 unspecified atom stereocenters. The molecule has 5 nitrogen and oxygen atoms in total. The summed E-state index contributed by atoms with van der Waals surface area (Å²) < 4.78 is 6.00. The quantitative estimate of drug-likeness (QED) is 0.733. The van der Waals surface area contributed by atoms with Crippen LogP contribution in [-0.2, 0) is 0 Å². The standard InChI is InChI=1S/C20H24BrN3O2/c1-3-23-8-10-24(11-9-23)18-6-4-17(5-7-18)22-14-15-12-16(21)13-19(26-2)20(15)25/h4-7,12-14,25H,3,8-11H2,1-2H3/p+1. The molecule has 1 fully saturated rings. The summed E-state index contributed by atoms with van der Waals surface area (Å²) in [7, 11) is 1.53. The average Bonchev–Trinajstić information content (AvgIpc) is 2.69. The molecule has 0 aliphatic carbocycles. The van der Waals surface area contributed by atoms with Crippen molar-refractivity contribution in [2.24, 2.45) is 4.99 Å². The lowest BCUT2D eigenvalue weighted by Crippen LogP contribution is -3.14. The molecule has 138 valence electrons. The molecular formula is C20H25BrN3O2+. The smallest absolute Gasteiger partial charge is 0.166 e. The zero-order valence-corrected chi connectivity index (χ0v) is 16.8. The Balaban J connectivity index is 1.70. The van der Waals surface area contributed by atoms with E-state index in [-0.39, 0.29) is 5.75 Å². The third-order valence-corrected chi connectivity index (χ3v) is 5.29. The van der Waals surface area contributed by atoms with Gasteiger partial charge in [0.15, 0.2) is 11.5 Å². The third-order valence-electron chi connectivity index (χ3n) is 4.83. The van der Waals surface area contributed by atoms with E-state index < -0.39 is 0 Å². The van der Waals surface area contributed by atoms with Crippen LogP contribution in [0.4, 0.5) is 11.4 Å². The van der Waals surface area contributed by atoms with Crippen molar-refractivity contribution in [3.63, 3.8) is 0 Å². The summed E-state index contributed by atoms with van der Waals surface area (Å²) >= 11 is 3.42. The SMILES string of the molecule is CC[NH+]1CCN(c2ccc(N=Cc3cc(Br)cc(OC)c3O)cc2)CC1. The lowest BCUT2D eigenvalue weighted by Gasteiger charge is -2.33. The number of aromatic hydroxyl groups is 1. The number of phenols is 1. The number of nitrogens with one attached hydrogen (secondary N) is 1. The minimum atomic E-state index is 0.0902. The van der Waals surface area contributed by atoms with Gasteiger partial charge in [-0.05, 0) is 43.3 Å². The summed E-state index contributed by atoms with van der Waals surface area (Å²) in [5.74, 6) is 0.511. The van der Waals surface area contributed by atoms with Gasteiger partial charge >= 0.3 is 0 Å². The maximum absolute atomic E-state index is 10.2. The van der Waals surface area contributed by atoms with E-state index in [1.807, 2.05) is 18.2 Å².